The number of fused-ring (bicyclic) bond motifs is 1. The van der Waals surface area contributed by atoms with Crippen LogP contribution in [0.1, 0.15) is 23.3 Å². The van der Waals surface area contributed by atoms with Crippen LogP contribution in [-0.2, 0) is 9.53 Å². The van der Waals surface area contributed by atoms with Gasteiger partial charge < -0.3 is 19.4 Å². The maximum Gasteiger partial charge on any atom is 0.298 e. The van der Waals surface area contributed by atoms with Gasteiger partial charge in [-0.05, 0) is 61.4 Å². The largest absolute Gasteiger partial charge is 0.379 e. The SMILES string of the molecule is O=C(Nc1ccc(N2CCC(N3CCOCC3)CC2)cc1)C(=O)c1c(-c2ccccc2Cl)cc2ccccn12. The molecule has 2 aromatic carbocycles. The van der Waals surface area contributed by atoms with E-state index in [2.05, 4.69) is 15.1 Å². The van der Waals surface area contributed by atoms with E-state index in [9.17, 15) is 9.59 Å². The van der Waals surface area contributed by atoms with Crippen LogP contribution in [0.15, 0.2) is 79.0 Å². The number of morpholine rings is 1. The first kappa shape index (κ1) is 25.6. The predicted molar refractivity (Wildman–Crippen MR) is 155 cm³/mol. The van der Waals surface area contributed by atoms with Gasteiger partial charge in [-0.1, -0.05) is 35.9 Å². The van der Waals surface area contributed by atoms with Gasteiger partial charge in [-0.2, -0.15) is 0 Å². The van der Waals surface area contributed by atoms with Crippen LogP contribution in [0.25, 0.3) is 16.6 Å². The van der Waals surface area contributed by atoms with Crippen molar-refractivity contribution in [1.82, 2.24) is 9.30 Å². The Morgan fingerprint density at radius 3 is 2.31 bits per heavy atom. The molecule has 6 rings (SSSR count). The van der Waals surface area contributed by atoms with E-state index in [-0.39, 0.29) is 5.69 Å². The minimum absolute atomic E-state index is 0.288. The lowest BCUT2D eigenvalue weighted by Crippen LogP contribution is -2.49. The second kappa shape index (κ2) is 11.2. The topological polar surface area (TPSA) is 66.3 Å². The van der Waals surface area contributed by atoms with Gasteiger partial charge in [0.05, 0.1) is 13.2 Å². The Bertz CT molecular complexity index is 1490. The van der Waals surface area contributed by atoms with Gasteiger partial charge in [-0.3, -0.25) is 14.5 Å². The molecule has 39 heavy (non-hydrogen) atoms. The van der Waals surface area contributed by atoms with Crippen LogP contribution in [0.4, 0.5) is 11.4 Å². The minimum Gasteiger partial charge on any atom is -0.379 e. The highest BCUT2D eigenvalue weighted by Crippen LogP contribution is 2.33. The summed E-state index contributed by atoms with van der Waals surface area (Å²) in [5, 5.41) is 3.32. The summed E-state index contributed by atoms with van der Waals surface area (Å²) in [7, 11) is 0. The zero-order chi connectivity index (χ0) is 26.8. The number of aromatic nitrogens is 1. The lowest BCUT2D eigenvalue weighted by atomic mass is 10.0. The number of ether oxygens (including phenoxy) is 1. The van der Waals surface area contributed by atoms with E-state index in [4.69, 9.17) is 16.3 Å². The molecule has 2 aliphatic heterocycles. The Kier molecular flexibility index (Phi) is 7.37. The number of halogens is 1. The Morgan fingerprint density at radius 1 is 0.846 bits per heavy atom. The quantitative estimate of drug-likeness (QED) is 0.262. The van der Waals surface area contributed by atoms with Crippen LogP contribution in [0.3, 0.4) is 0 Å². The summed E-state index contributed by atoms with van der Waals surface area (Å²) >= 11 is 6.47. The molecule has 0 saturated carbocycles. The third kappa shape index (κ3) is 5.30. The number of nitrogens with zero attached hydrogens (tertiary/aromatic N) is 3. The van der Waals surface area contributed by atoms with Gasteiger partial charge in [-0.25, -0.2) is 0 Å². The number of Topliss-reactive ketones (excluding diaryl/α,β-unsaturated/α-hetero) is 1. The molecule has 4 aromatic rings. The van der Waals surface area contributed by atoms with Crippen molar-refractivity contribution in [3.05, 3.63) is 89.7 Å². The number of hydrogen-bond donors (Lipinski definition) is 1. The van der Waals surface area contributed by atoms with Gasteiger partial charge in [-0.15, -0.1) is 0 Å². The summed E-state index contributed by atoms with van der Waals surface area (Å²) < 4.78 is 7.24. The summed E-state index contributed by atoms with van der Waals surface area (Å²) in [4.78, 5) is 31.6. The van der Waals surface area contributed by atoms with Crippen LogP contribution in [0, 0.1) is 0 Å². The van der Waals surface area contributed by atoms with Crippen LogP contribution >= 0.6 is 11.6 Å². The molecule has 0 bridgehead atoms. The minimum atomic E-state index is -0.689. The molecule has 200 valence electrons. The normalized spacial score (nSPS) is 16.9. The highest BCUT2D eigenvalue weighted by Gasteiger charge is 2.27. The third-order valence-corrected chi connectivity index (χ3v) is 8.11. The van der Waals surface area contributed by atoms with Crippen molar-refractivity contribution in [2.75, 3.05) is 49.6 Å². The van der Waals surface area contributed by atoms with Crippen molar-refractivity contribution < 1.29 is 14.3 Å². The number of pyridine rings is 1. The van der Waals surface area contributed by atoms with E-state index in [1.807, 2.05) is 66.7 Å². The summed E-state index contributed by atoms with van der Waals surface area (Å²) in [6.07, 6.45) is 4.05. The van der Waals surface area contributed by atoms with Crippen LogP contribution in [0.5, 0.6) is 0 Å². The number of amides is 1. The number of anilines is 2. The standard InChI is InChI=1S/C31H31ClN4O3/c32-28-7-2-1-6-26(28)27-21-25-5-3-4-14-36(25)29(27)30(37)31(38)33-22-8-10-23(11-9-22)34-15-12-24(13-16-34)35-17-19-39-20-18-35/h1-11,14,21,24H,12-13,15-20H2,(H,33,38). The highest BCUT2D eigenvalue weighted by atomic mass is 35.5. The zero-order valence-corrected chi connectivity index (χ0v) is 22.4. The Hall–Kier alpha value is -3.65. The fourth-order valence-electron chi connectivity index (χ4n) is 5.72. The van der Waals surface area contributed by atoms with Crippen LogP contribution < -0.4 is 10.2 Å². The van der Waals surface area contributed by atoms with Crippen molar-refractivity contribution in [1.29, 1.82) is 0 Å². The number of carbonyl (C=O) groups is 2. The number of nitrogens with one attached hydrogen (secondary N) is 1. The van der Waals surface area contributed by atoms with Gasteiger partial charge in [0.15, 0.2) is 0 Å². The second-order valence-electron chi connectivity index (χ2n) is 10.1. The Balaban J connectivity index is 1.15. The van der Waals surface area contributed by atoms with Gasteiger partial charge in [0.1, 0.15) is 5.69 Å². The number of carbonyl (C=O) groups excluding carboxylic acids is 2. The summed E-state index contributed by atoms with van der Waals surface area (Å²) in [6, 6.07) is 23.2. The molecule has 1 amide bonds. The average Bonchev–Trinajstić information content (AvgIpc) is 3.37. The monoisotopic (exact) mass is 542 g/mol. The van der Waals surface area contributed by atoms with E-state index in [1.165, 1.54) is 0 Å². The van der Waals surface area contributed by atoms with E-state index >= 15 is 0 Å². The summed E-state index contributed by atoms with van der Waals surface area (Å²) in [5.41, 5.74) is 4.14. The van der Waals surface area contributed by atoms with E-state index in [0.29, 0.717) is 27.9 Å². The smallest absolute Gasteiger partial charge is 0.298 e. The summed E-state index contributed by atoms with van der Waals surface area (Å²) in [5.74, 6) is -1.31. The lowest BCUT2D eigenvalue weighted by Gasteiger charge is -2.40. The molecule has 2 aliphatic rings. The number of hydrogen-bond acceptors (Lipinski definition) is 5. The number of rotatable bonds is 6. The van der Waals surface area contributed by atoms with E-state index in [1.54, 1.807) is 16.7 Å². The highest BCUT2D eigenvalue weighted by molar-refractivity contribution is 6.47. The van der Waals surface area contributed by atoms with Crippen molar-refractivity contribution in [2.24, 2.45) is 0 Å². The summed E-state index contributed by atoms with van der Waals surface area (Å²) in [6.45, 7) is 5.71. The molecule has 0 radical (unpaired) electrons. The Labute approximate surface area is 232 Å². The van der Waals surface area contributed by atoms with E-state index < -0.39 is 11.7 Å². The zero-order valence-electron chi connectivity index (χ0n) is 21.7. The van der Waals surface area contributed by atoms with Crippen molar-refractivity contribution >= 4 is 40.2 Å². The third-order valence-electron chi connectivity index (χ3n) is 7.78. The molecule has 0 aliphatic carbocycles. The molecule has 4 heterocycles. The van der Waals surface area contributed by atoms with Crippen molar-refractivity contribution in [3.8, 4) is 11.1 Å². The molecule has 2 aromatic heterocycles. The molecule has 0 spiro atoms. The number of piperidine rings is 1. The van der Waals surface area contributed by atoms with Crippen LogP contribution in [0.2, 0.25) is 5.02 Å². The van der Waals surface area contributed by atoms with Gasteiger partial charge >= 0.3 is 0 Å². The first-order valence-corrected chi connectivity index (χ1v) is 13.8. The van der Waals surface area contributed by atoms with Gasteiger partial charge in [0.2, 0.25) is 0 Å². The first-order valence-electron chi connectivity index (χ1n) is 13.5. The van der Waals surface area contributed by atoms with Crippen LogP contribution in [-0.4, -0.2) is 66.4 Å². The first-order chi connectivity index (χ1) is 19.1. The molecule has 2 saturated heterocycles. The molecule has 1 N–H and O–H groups in total. The maximum absolute atomic E-state index is 13.5. The predicted octanol–water partition coefficient (Wildman–Crippen LogP) is 5.38. The lowest BCUT2D eigenvalue weighted by molar-refractivity contribution is -0.112. The molecule has 0 unspecified atom stereocenters. The molecule has 8 heteroatoms. The van der Waals surface area contributed by atoms with E-state index in [0.717, 1.165) is 63.4 Å². The average molecular weight is 543 g/mol. The number of ketones is 1. The number of benzene rings is 2. The van der Waals surface area contributed by atoms with Crippen molar-refractivity contribution in [2.45, 2.75) is 18.9 Å². The molecular weight excluding hydrogens is 512 g/mol. The molecular formula is C31H31ClN4O3. The maximum atomic E-state index is 13.5. The van der Waals surface area contributed by atoms with Gasteiger partial charge in [0, 0.05) is 71.5 Å². The molecule has 2 fully saturated rings. The molecule has 7 nitrogen and oxygen atoms in total. The second-order valence-corrected chi connectivity index (χ2v) is 10.5. The fourth-order valence-corrected chi connectivity index (χ4v) is 5.96. The van der Waals surface area contributed by atoms with Crippen molar-refractivity contribution in [3.63, 3.8) is 0 Å². The fraction of sp³-hybridized carbons (Fsp3) is 0.290. The van der Waals surface area contributed by atoms with Gasteiger partial charge in [0.25, 0.3) is 11.7 Å². The Morgan fingerprint density at radius 2 is 1.56 bits per heavy atom. The molecule has 0 atom stereocenters.